The zero-order valence-corrected chi connectivity index (χ0v) is 10.5. The Morgan fingerprint density at radius 3 is 2.05 bits per heavy atom. The van der Waals surface area contributed by atoms with Crippen molar-refractivity contribution in [3.63, 3.8) is 0 Å². The van der Waals surface area contributed by atoms with Crippen LogP contribution in [0.15, 0.2) is 23.2 Å². The van der Waals surface area contributed by atoms with E-state index >= 15 is 0 Å². The van der Waals surface area contributed by atoms with Gasteiger partial charge in [-0.05, 0) is 12.1 Å². The van der Waals surface area contributed by atoms with Crippen LogP contribution in [0.5, 0.6) is 0 Å². The Balaban J connectivity index is 2.24. The summed E-state index contributed by atoms with van der Waals surface area (Å²) in [6.45, 7) is 0. The van der Waals surface area contributed by atoms with Crippen LogP contribution in [0, 0.1) is 29.1 Å². The Morgan fingerprint density at radius 2 is 1.55 bits per heavy atom. The number of rotatable bonds is 4. The van der Waals surface area contributed by atoms with E-state index in [9.17, 15) is 26.7 Å². The summed E-state index contributed by atoms with van der Waals surface area (Å²) in [5, 5.41) is 0. The average molecular weight is 307 g/mol. The number of aromatic amines is 1. The van der Waals surface area contributed by atoms with Gasteiger partial charge in [0.15, 0.2) is 29.1 Å². The highest BCUT2D eigenvalue weighted by atomic mass is 32.2. The van der Waals surface area contributed by atoms with Crippen molar-refractivity contribution in [3.8, 4) is 0 Å². The Hall–Kier alpha value is -1.83. The summed E-state index contributed by atoms with van der Waals surface area (Å²) < 4.78 is 65.4. The molecule has 2 aromatic rings. The van der Waals surface area contributed by atoms with Crippen molar-refractivity contribution in [2.24, 2.45) is 0 Å². The molecule has 2 nitrogen and oxygen atoms in total. The maximum absolute atomic E-state index is 13.3. The molecule has 0 atom stereocenters. The molecule has 0 unspecified atom stereocenters. The van der Waals surface area contributed by atoms with Crippen molar-refractivity contribution < 1.29 is 26.7 Å². The molecule has 20 heavy (non-hydrogen) atoms. The van der Waals surface area contributed by atoms with Gasteiger partial charge < -0.3 is 4.98 Å². The van der Waals surface area contributed by atoms with Crippen LogP contribution < -0.4 is 0 Å². The third-order valence-corrected chi connectivity index (χ3v) is 3.47. The van der Waals surface area contributed by atoms with Crippen molar-refractivity contribution in [3.05, 3.63) is 53.1 Å². The zero-order valence-electron chi connectivity index (χ0n) is 9.65. The summed E-state index contributed by atoms with van der Waals surface area (Å²) in [5.74, 6) is -11.1. The molecule has 0 fully saturated rings. The van der Waals surface area contributed by atoms with Crippen molar-refractivity contribution in [2.45, 2.75) is 4.90 Å². The minimum atomic E-state index is -2.22. The lowest BCUT2D eigenvalue weighted by atomic mass is 10.3. The molecule has 1 N–H and O–H groups in total. The summed E-state index contributed by atoms with van der Waals surface area (Å²) in [6.07, 6.45) is 1.47. The molecule has 0 saturated heterocycles. The summed E-state index contributed by atoms with van der Waals surface area (Å²) in [7, 11) is 0. The normalized spacial score (nSPS) is 10.8. The first-order valence-corrected chi connectivity index (χ1v) is 6.23. The summed E-state index contributed by atoms with van der Waals surface area (Å²) >= 11 is 0.251. The second kappa shape index (κ2) is 5.66. The number of carbonyl (C=O) groups is 1. The molecule has 0 spiro atoms. The highest BCUT2D eigenvalue weighted by molar-refractivity contribution is 8.00. The first kappa shape index (κ1) is 14.6. The molecule has 0 bridgehead atoms. The lowest BCUT2D eigenvalue weighted by molar-refractivity contribution is 0.101. The first-order chi connectivity index (χ1) is 9.43. The number of hydrogen-bond donors (Lipinski definition) is 1. The Labute approximate surface area is 114 Å². The number of carbonyl (C=O) groups excluding carboxylic acids is 1. The number of H-pyrrole nitrogens is 1. The SMILES string of the molecule is O=C(CSc1c(F)c(F)c(F)c(F)c1F)c1ccc[nH]1. The predicted molar refractivity (Wildman–Crippen MR) is 62.1 cm³/mol. The first-order valence-electron chi connectivity index (χ1n) is 5.24. The van der Waals surface area contributed by atoms with E-state index in [1.54, 1.807) is 0 Å². The van der Waals surface area contributed by atoms with Gasteiger partial charge in [0.1, 0.15) is 0 Å². The summed E-state index contributed by atoms with van der Waals surface area (Å²) in [6, 6.07) is 2.97. The topological polar surface area (TPSA) is 32.9 Å². The quantitative estimate of drug-likeness (QED) is 0.307. The highest BCUT2D eigenvalue weighted by Gasteiger charge is 2.26. The molecule has 0 aliphatic heterocycles. The number of aromatic nitrogens is 1. The molecule has 0 amide bonds. The van der Waals surface area contributed by atoms with Gasteiger partial charge in [0, 0.05) is 6.20 Å². The third-order valence-electron chi connectivity index (χ3n) is 2.42. The monoisotopic (exact) mass is 307 g/mol. The Bertz CT molecular complexity index is 627. The largest absolute Gasteiger partial charge is 0.359 e. The molecular weight excluding hydrogens is 301 g/mol. The Morgan fingerprint density at radius 1 is 1.00 bits per heavy atom. The van der Waals surface area contributed by atoms with Gasteiger partial charge in [0.25, 0.3) is 0 Å². The van der Waals surface area contributed by atoms with Crippen molar-refractivity contribution >= 4 is 17.5 Å². The van der Waals surface area contributed by atoms with Gasteiger partial charge in [-0.2, -0.15) is 0 Å². The van der Waals surface area contributed by atoms with E-state index in [4.69, 9.17) is 0 Å². The number of ketones is 1. The molecule has 1 aromatic heterocycles. The maximum Gasteiger partial charge on any atom is 0.200 e. The molecule has 106 valence electrons. The van der Waals surface area contributed by atoms with Crippen LogP contribution in [0.2, 0.25) is 0 Å². The van der Waals surface area contributed by atoms with Crippen LogP contribution in [-0.2, 0) is 0 Å². The average Bonchev–Trinajstić information content (AvgIpc) is 2.97. The van der Waals surface area contributed by atoms with Crippen LogP contribution in [0.1, 0.15) is 10.5 Å². The molecule has 0 radical (unpaired) electrons. The van der Waals surface area contributed by atoms with Gasteiger partial charge >= 0.3 is 0 Å². The third kappa shape index (κ3) is 2.55. The van der Waals surface area contributed by atoms with Crippen LogP contribution in [0.3, 0.4) is 0 Å². The van der Waals surface area contributed by atoms with Crippen LogP contribution in [0.4, 0.5) is 22.0 Å². The number of hydrogen-bond acceptors (Lipinski definition) is 2. The van der Waals surface area contributed by atoms with Crippen molar-refractivity contribution in [1.82, 2.24) is 4.98 Å². The summed E-state index contributed by atoms with van der Waals surface area (Å²) in [5.41, 5.74) is 0.182. The number of benzene rings is 1. The van der Waals surface area contributed by atoms with E-state index in [0.717, 1.165) is 0 Å². The van der Waals surface area contributed by atoms with Gasteiger partial charge in [-0.25, -0.2) is 22.0 Å². The zero-order chi connectivity index (χ0) is 14.9. The summed E-state index contributed by atoms with van der Waals surface area (Å²) in [4.78, 5) is 13.1. The number of halogens is 5. The smallest absolute Gasteiger partial charge is 0.200 e. The van der Waals surface area contributed by atoms with Gasteiger partial charge in [-0.15, -0.1) is 11.8 Å². The van der Waals surface area contributed by atoms with E-state index < -0.39 is 45.5 Å². The van der Waals surface area contributed by atoms with Gasteiger partial charge in [0.2, 0.25) is 5.82 Å². The molecule has 1 heterocycles. The van der Waals surface area contributed by atoms with E-state index in [1.165, 1.54) is 18.3 Å². The standard InChI is InChI=1S/C12H6F5NOS/c13-7-8(14)10(16)12(11(17)9(7)15)20-4-6(19)5-2-1-3-18-5/h1-3,18H,4H2. The number of thioether (sulfide) groups is 1. The number of Topliss-reactive ketones (excluding diaryl/α,β-unsaturated/α-hetero) is 1. The molecule has 0 aliphatic rings. The van der Waals surface area contributed by atoms with Gasteiger partial charge in [-0.1, -0.05) is 0 Å². The van der Waals surface area contributed by atoms with E-state index in [1.807, 2.05) is 0 Å². The second-order valence-corrected chi connectivity index (χ2v) is 4.68. The fraction of sp³-hybridized carbons (Fsp3) is 0.0833. The van der Waals surface area contributed by atoms with Crippen molar-refractivity contribution in [2.75, 3.05) is 5.75 Å². The fourth-order valence-corrected chi connectivity index (χ4v) is 2.29. The molecule has 1 aromatic carbocycles. The van der Waals surface area contributed by atoms with Crippen LogP contribution in [0.25, 0.3) is 0 Å². The second-order valence-electron chi connectivity index (χ2n) is 3.69. The molecule has 8 heteroatoms. The lowest BCUT2D eigenvalue weighted by Gasteiger charge is -2.07. The Kier molecular flexibility index (Phi) is 4.12. The molecule has 0 aliphatic carbocycles. The molecule has 0 saturated carbocycles. The lowest BCUT2D eigenvalue weighted by Crippen LogP contribution is -2.07. The fourth-order valence-electron chi connectivity index (χ4n) is 1.43. The van der Waals surface area contributed by atoms with Crippen LogP contribution in [-0.4, -0.2) is 16.5 Å². The number of nitrogens with one attached hydrogen (secondary N) is 1. The molecular formula is C12H6F5NOS. The van der Waals surface area contributed by atoms with E-state index in [-0.39, 0.29) is 17.5 Å². The van der Waals surface area contributed by atoms with Crippen molar-refractivity contribution in [1.29, 1.82) is 0 Å². The van der Waals surface area contributed by atoms with Crippen LogP contribution >= 0.6 is 11.8 Å². The minimum absolute atomic E-state index is 0.182. The highest BCUT2D eigenvalue weighted by Crippen LogP contribution is 2.31. The molecule has 2 rings (SSSR count). The van der Waals surface area contributed by atoms with Gasteiger partial charge in [0.05, 0.1) is 16.3 Å². The van der Waals surface area contributed by atoms with Gasteiger partial charge in [-0.3, -0.25) is 4.79 Å². The minimum Gasteiger partial charge on any atom is -0.359 e. The van der Waals surface area contributed by atoms with E-state index in [2.05, 4.69) is 4.98 Å². The predicted octanol–water partition coefficient (Wildman–Crippen LogP) is 3.69. The maximum atomic E-state index is 13.3. The van der Waals surface area contributed by atoms with E-state index in [0.29, 0.717) is 0 Å².